The lowest BCUT2D eigenvalue weighted by atomic mass is 10.2. The standard InChI is InChI=1S/C15H25N5O/c1-12(2)9-18-5-4-13(10-18)20-11-14(8-16-20)19-7-6-17(3)15(19)21/h8,11-13H,4-7,9-10H2,1-3H3. The highest BCUT2D eigenvalue weighted by atomic mass is 16.2. The Balaban J connectivity index is 1.65. The van der Waals surface area contributed by atoms with E-state index in [-0.39, 0.29) is 6.03 Å². The van der Waals surface area contributed by atoms with E-state index >= 15 is 0 Å². The smallest absolute Gasteiger partial charge is 0.324 e. The SMILES string of the molecule is CC(C)CN1CCC(n2cc(N3CCN(C)C3=O)cn2)C1. The predicted molar refractivity (Wildman–Crippen MR) is 82.5 cm³/mol. The van der Waals surface area contributed by atoms with Gasteiger partial charge in [-0.3, -0.25) is 9.58 Å². The molecule has 0 spiro atoms. The zero-order valence-corrected chi connectivity index (χ0v) is 13.2. The molecule has 1 unspecified atom stereocenters. The summed E-state index contributed by atoms with van der Waals surface area (Å²) in [6, 6.07) is 0.510. The summed E-state index contributed by atoms with van der Waals surface area (Å²) in [4.78, 5) is 18.1. The van der Waals surface area contributed by atoms with Gasteiger partial charge in [0.2, 0.25) is 0 Å². The zero-order valence-electron chi connectivity index (χ0n) is 13.2. The third-order valence-electron chi connectivity index (χ3n) is 4.36. The maximum absolute atomic E-state index is 12.0. The van der Waals surface area contributed by atoms with Gasteiger partial charge in [0.1, 0.15) is 0 Å². The minimum Gasteiger partial charge on any atom is -0.326 e. The molecule has 116 valence electrons. The second-order valence-corrected chi connectivity index (χ2v) is 6.63. The summed E-state index contributed by atoms with van der Waals surface area (Å²) >= 11 is 0. The van der Waals surface area contributed by atoms with Crippen molar-refractivity contribution in [3.05, 3.63) is 12.4 Å². The van der Waals surface area contributed by atoms with Crippen LogP contribution in [0.4, 0.5) is 10.5 Å². The summed E-state index contributed by atoms with van der Waals surface area (Å²) in [7, 11) is 1.84. The number of urea groups is 1. The monoisotopic (exact) mass is 291 g/mol. The Morgan fingerprint density at radius 2 is 2.14 bits per heavy atom. The normalized spacial score (nSPS) is 23.8. The van der Waals surface area contributed by atoms with Crippen molar-refractivity contribution in [1.82, 2.24) is 19.6 Å². The van der Waals surface area contributed by atoms with E-state index in [1.165, 1.54) is 0 Å². The van der Waals surface area contributed by atoms with E-state index < -0.39 is 0 Å². The van der Waals surface area contributed by atoms with E-state index in [0.29, 0.717) is 12.0 Å². The molecule has 2 fully saturated rings. The topological polar surface area (TPSA) is 44.6 Å². The lowest BCUT2D eigenvalue weighted by Crippen LogP contribution is -2.28. The van der Waals surface area contributed by atoms with Crippen molar-refractivity contribution >= 4 is 11.7 Å². The predicted octanol–water partition coefficient (Wildman–Crippen LogP) is 1.66. The zero-order chi connectivity index (χ0) is 15.0. The highest BCUT2D eigenvalue weighted by molar-refractivity contribution is 5.93. The van der Waals surface area contributed by atoms with E-state index in [0.717, 1.165) is 44.8 Å². The Labute approximate surface area is 126 Å². The third kappa shape index (κ3) is 2.90. The summed E-state index contributed by atoms with van der Waals surface area (Å²) in [5.74, 6) is 0.703. The second-order valence-electron chi connectivity index (χ2n) is 6.63. The number of likely N-dealkylation sites (N-methyl/N-ethyl adjacent to an activating group) is 1. The molecule has 0 aromatic carbocycles. The minimum absolute atomic E-state index is 0.0717. The molecule has 2 amide bonds. The van der Waals surface area contributed by atoms with Crippen molar-refractivity contribution in [3.63, 3.8) is 0 Å². The summed E-state index contributed by atoms with van der Waals surface area (Å²) in [6.07, 6.45) is 4.99. The average Bonchev–Trinajstić information content (AvgIpc) is 3.11. The van der Waals surface area contributed by atoms with Crippen molar-refractivity contribution < 1.29 is 4.79 Å². The second kappa shape index (κ2) is 5.67. The average molecular weight is 291 g/mol. The van der Waals surface area contributed by atoms with Gasteiger partial charge in [-0.2, -0.15) is 5.10 Å². The maximum atomic E-state index is 12.0. The quantitative estimate of drug-likeness (QED) is 0.847. The van der Waals surface area contributed by atoms with Gasteiger partial charge in [-0.1, -0.05) is 13.8 Å². The van der Waals surface area contributed by atoms with Gasteiger partial charge in [-0.25, -0.2) is 4.79 Å². The summed E-state index contributed by atoms with van der Waals surface area (Å²) < 4.78 is 2.04. The summed E-state index contributed by atoms with van der Waals surface area (Å²) in [6.45, 7) is 9.42. The van der Waals surface area contributed by atoms with Crippen LogP contribution in [0.2, 0.25) is 0 Å². The molecule has 6 heteroatoms. The first kappa shape index (κ1) is 14.4. The number of likely N-dealkylation sites (tertiary alicyclic amines) is 1. The van der Waals surface area contributed by atoms with Crippen LogP contribution in [0.3, 0.4) is 0 Å². The molecule has 0 aliphatic carbocycles. The van der Waals surface area contributed by atoms with Crippen LogP contribution in [0.1, 0.15) is 26.3 Å². The van der Waals surface area contributed by atoms with Gasteiger partial charge in [-0.15, -0.1) is 0 Å². The highest BCUT2D eigenvalue weighted by Gasteiger charge is 2.29. The first-order chi connectivity index (χ1) is 10.0. The molecule has 2 aliphatic heterocycles. The molecule has 1 aromatic rings. The number of hydrogen-bond donors (Lipinski definition) is 0. The molecule has 2 aliphatic rings. The lowest BCUT2D eigenvalue weighted by Gasteiger charge is -2.18. The van der Waals surface area contributed by atoms with Crippen molar-refractivity contribution in [2.45, 2.75) is 26.3 Å². The van der Waals surface area contributed by atoms with Crippen molar-refractivity contribution in [2.24, 2.45) is 5.92 Å². The Morgan fingerprint density at radius 3 is 2.81 bits per heavy atom. The van der Waals surface area contributed by atoms with Crippen LogP contribution in [0.5, 0.6) is 0 Å². The first-order valence-electron chi connectivity index (χ1n) is 7.83. The Kier molecular flexibility index (Phi) is 3.89. The summed E-state index contributed by atoms with van der Waals surface area (Å²) in [5.41, 5.74) is 0.923. The van der Waals surface area contributed by atoms with Gasteiger partial charge in [0, 0.05) is 46.0 Å². The van der Waals surface area contributed by atoms with Gasteiger partial charge in [0.15, 0.2) is 0 Å². The molecule has 3 heterocycles. The fourth-order valence-electron chi connectivity index (χ4n) is 3.26. The van der Waals surface area contributed by atoms with Crippen LogP contribution in [-0.4, -0.2) is 65.4 Å². The van der Waals surface area contributed by atoms with Crippen molar-refractivity contribution in [2.75, 3.05) is 44.7 Å². The van der Waals surface area contributed by atoms with Crippen LogP contribution < -0.4 is 4.90 Å². The van der Waals surface area contributed by atoms with E-state index in [1.54, 1.807) is 4.90 Å². The number of carbonyl (C=O) groups is 1. The minimum atomic E-state index is 0.0717. The molecule has 3 rings (SSSR count). The Bertz CT molecular complexity index is 512. The van der Waals surface area contributed by atoms with Crippen molar-refractivity contribution in [1.29, 1.82) is 0 Å². The number of carbonyl (C=O) groups excluding carboxylic acids is 1. The third-order valence-corrected chi connectivity index (χ3v) is 4.36. The molecule has 21 heavy (non-hydrogen) atoms. The van der Waals surface area contributed by atoms with Gasteiger partial charge >= 0.3 is 6.03 Å². The molecular weight excluding hydrogens is 266 g/mol. The van der Waals surface area contributed by atoms with E-state index in [2.05, 4.69) is 23.8 Å². The number of hydrogen-bond acceptors (Lipinski definition) is 3. The molecule has 0 bridgehead atoms. The summed E-state index contributed by atoms with van der Waals surface area (Å²) in [5, 5.41) is 4.49. The van der Waals surface area contributed by atoms with Crippen LogP contribution in [0, 0.1) is 5.92 Å². The van der Waals surface area contributed by atoms with Crippen LogP contribution in [0.25, 0.3) is 0 Å². The van der Waals surface area contributed by atoms with Gasteiger partial charge in [-0.05, 0) is 12.3 Å². The van der Waals surface area contributed by atoms with Crippen molar-refractivity contribution in [3.8, 4) is 0 Å². The molecule has 0 radical (unpaired) electrons. The van der Waals surface area contributed by atoms with Crippen LogP contribution in [0.15, 0.2) is 12.4 Å². The molecule has 0 saturated carbocycles. The van der Waals surface area contributed by atoms with Gasteiger partial charge in [0.25, 0.3) is 0 Å². The van der Waals surface area contributed by atoms with E-state index in [1.807, 2.05) is 29.0 Å². The van der Waals surface area contributed by atoms with Gasteiger partial charge in [0.05, 0.1) is 17.9 Å². The number of nitrogens with zero attached hydrogens (tertiary/aromatic N) is 5. The molecule has 1 aromatic heterocycles. The number of amides is 2. The van der Waals surface area contributed by atoms with Crippen LogP contribution >= 0.6 is 0 Å². The molecule has 6 nitrogen and oxygen atoms in total. The number of aromatic nitrogens is 2. The van der Waals surface area contributed by atoms with Crippen LogP contribution in [-0.2, 0) is 0 Å². The first-order valence-corrected chi connectivity index (χ1v) is 7.83. The van der Waals surface area contributed by atoms with E-state index in [9.17, 15) is 4.79 Å². The van der Waals surface area contributed by atoms with E-state index in [4.69, 9.17) is 0 Å². The number of anilines is 1. The molecule has 0 N–H and O–H groups in total. The molecule has 1 atom stereocenters. The largest absolute Gasteiger partial charge is 0.326 e. The Morgan fingerprint density at radius 1 is 1.33 bits per heavy atom. The fourth-order valence-corrected chi connectivity index (χ4v) is 3.26. The number of rotatable bonds is 4. The lowest BCUT2D eigenvalue weighted by molar-refractivity contribution is 0.229. The highest BCUT2D eigenvalue weighted by Crippen LogP contribution is 2.25. The fraction of sp³-hybridized carbons (Fsp3) is 0.733. The van der Waals surface area contributed by atoms with Gasteiger partial charge < -0.3 is 9.80 Å². The molecular formula is C15H25N5O. The Hall–Kier alpha value is -1.56. The molecule has 2 saturated heterocycles. The maximum Gasteiger partial charge on any atom is 0.324 e.